The van der Waals surface area contributed by atoms with Crippen LogP contribution in [0.3, 0.4) is 0 Å². The van der Waals surface area contributed by atoms with E-state index < -0.39 is 11.9 Å². The molecule has 1 unspecified atom stereocenters. The minimum absolute atomic E-state index is 0.195. The molecule has 0 saturated carbocycles. The highest BCUT2D eigenvalue weighted by Crippen LogP contribution is 2.33. The summed E-state index contributed by atoms with van der Waals surface area (Å²) in [6.45, 7) is 5.10. The third-order valence-electron chi connectivity index (χ3n) is 7.43. The number of carbonyl (C=O) groups excluding carboxylic acids is 3. The van der Waals surface area contributed by atoms with Gasteiger partial charge in [-0.3, -0.25) is 24.6 Å². The first kappa shape index (κ1) is 23.6. The largest absolute Gasteiger partial charge is 0.489 e. The van der Waals surface area contributed by atoms with Gasteiger partial charge in [0.2, 0.25) is 11.8 Å². The zero-order chi connectivity index (χ0) is 24.5. The summed E-state index contributed by atoms with van der Waals surface area (Å²) >= 11 is 0. The standard InChI is InChI=1S/C25H29B2N3O5/c26-22-15(12-29-8-10-34-11-9-29)4-5-16(23(22)27)14-35-20-3-1-2-17-18(20)13-30(25(17)33)19-6-7-21(31)28-24(19)32/h1-5,19H,6-14,26-27H2,(H,28,31,32). The fourth-order valence-electron chi connectivity index (χ4n) is 5.11. The van der Waals surface area contributed by atoms with Gasteiger partial charge in [-0.05, 0) is 29.7 Å². The van der Waals surface area contributed by atoms with Crippen LogP contribution in [0, 0.1) is 0 Å². The van der Waals surface area contributed by atoms with Crippen LogP contribution in [0.2, 0.25) is 0 Å². The van der Waals surface area contributed by atoms with Crippen molar-refractivity contribution in [1.82, 2.24) is 15.1 Å². The number of hydrogen-bond acceptors (Lipinski definition) is 6. The number of imide groups is 1. The molecule has 3 aliphatic rings. The molecular weight excluding hydrogens is 444 g/mol. The molecule has 2 aromatic rings. The normalized spacial score (nSPS) is 20.6. The predicted molar refractivity (Wildman–Crippen MR) is 136 cm³/mol. The Kier molecular flexibility index (Phi) is 6.67. The first-order valence-corrected chi connectivity index (χ1v) is 12.2. The van der Waals surface area contributed by atoms with Crippen LogP contribution >= 0.6 is 0 Å². The third kappa shape index (κ3) is 4.73. The van der Waals surface area contributed by atoms with E-state index in [9.17, 15) is 14.4 Å². The van der Waals surface area contributed by atoms with Crippen LogP contribution in [0.5, 0.6) is 5.75 Å². The minimum atomic E-state index is -0.635. The lowest BCUT2D eigenvalue weighted by Crippen LogP contribution is -2.52. The van der Waals surface area contributed by atoms with Crippen molar-refractivity contribution in [2.75, 3.05) is 26.3 Å². The Morgan fingerprint density at radius 3 is 2.54 bits per heavy atom. The van der Waals surface area contributed by atoms with Crippen LogP contribution in [0.15, 0.2) is 30.3 Å². The molecule has 10 heteroatoms. The van der Waals surface area contributed by atoms with Gasteiger partial charge in [0, 0.05) is 37.2 Å². The Hall–Kier alpha value is -3.10. The maximum atomic E-state index is 13.0. The van der Waals surface area contributed by atoms with Crippen LogP contribution in [0.4, 0.5) is 0 Å². The number of amides is 3. The van der Waals surface area contributed by atoms with Gasteiger partial charge in [0.05, 0.1) is 19.8 Å². The highest BCUT2D eigenvalue weighted by atomic mass is 16.5. The maximum Gasteiger partial charge on any atom is 0.255 e. The van der Waals surface area contributed by atoms with Crippen molar-refractivity contribution in [1.29, 1.82) is 0 Å². The molecule has 0 bridgehead atoms. The van der Waals surface area contributed by atoms with E-state index in [0.29, 0.717) is 30.9 Å². The van der Waals surface area contributed by atoms with Crippen LogP contribution in [-0.2, 0) is 34.0 Å². The number of hydrogen-bond donors (Lipinski definition) is 1. The highest BCUT2D eigenvalue weighted by Gasteiger charge is 2.40. The highest BCUT2D eigenvalue weighted by molar-refractivity contribution is 6.49. The third-order valence-corrected chi connectivity index (χ3v) is 7.43. The van der Waals surface area contributed by atoms with Gasteiger partial charge in [-0.1, -0.05) is 29.1 Å². The Balaban J connectivity index is 1.29. The number of nitrogens with one attached hydrogen (secondary N) is 1. The molecule has 3 amide bonds. The summed E-state index contributed by atoms with van der Waals surface area (Å²) in [7, 11) is 4.28. The summed E-state index contributed by atoms with van der Waals surface area (Å²) in [5, 5.41) is 2.34. The molecule has 8 nitrogen and oxygen atoms in total. The molecule has 0 spiro atoms. The number of rotatable bonds is 6. The van der Waals surface area contributed by atoms with E-state index >= 15 is 0 Å². The first-order valence-electron chi connectivity index (χ1n) is 12.2. The van der Waals surface area contributed by atoms with Gasteiger partial charge < -0.3 is 14.4 Å². The summed E-state index contributed by atoms with van der Waals surface area (Å²) in [5.74, 6) is -0.242. The second kappa shape index (κ2) is 9.87. The van der Waals surface area contributed by atoms with E-state index in [2.05, 4.69) is 38.0 Å². The van der Waals surface area contributed by atoms with Crippen LogP contribution in [0.25, 0.3) is 0 Å². The van der Waals surface area contributed by atoms with Gasteiger partial charge >= 0.3 is 0 Å². The number of ether oxygens (including phenoxy) is 2. The van der Waals surface area contributed by atoms with E-state index in [1.807, 2.05) is 12.1 Å². The minimum Gasteiger partial charge on any atom is -0.489 e. The topological polar surface area (TPSA) is 88.2 Å². The number of piperidine rings is 1. The van der Waals surface area contributed by atoms with Crippen molar-refractivity contribution in [3.63, 3.8) is 0 Å². The van der Waals surface area contributed by atoms with E-state index in [1.165, 1.54) is 16.5 Å². The molecule has 35 heavy (non-hydrogen) atoms. The summed E-state index contributed by atoms with van der Waals surface area (Å²) in [6.07, 6.45) is 0.579. The second-order valence-corrected chi connectivity index (χ2v) is 9.49. The second-order valence-electron chi connectivity index (χ2n) is 9.49. The number of benzene rings is 2. The Morgan fingerprint density at radius 2 is 1.77 bits per heavy atom. The van der Waals surface area contributed by atoms with Gasteiger partial charge in [0.1, 0.15) is 34.1 Å². The fourth-order valence-corrected chi connectivity index (χ4v) is 5.11. The number of carbonyl (C=O) groups is 3. The molecule has 2 fully saturated rings. The zero-order valence-corrected chi connectivity index (χ0v) is 20.3. The van der Waals surface area contributed by atoms with Gasteiger partial charge in [0.25, 0.3) is 5.91 Å². The van der Waals surface area contributed by atoms with E-state index in [1.54, 1.807) is 11.0 Å². The van der Waals surface area contributed by atoms with Gasteiger partial charge in [0.15, 0.2) is 0 Å². The summed E-state index contributed by atoms with van der Waals surface area (Å²) in [6, 6.07) is 9.12. The molecule has 0 radical (unpaired) electrons. The number of morpholine rings is 1. The van der Waals surface area contributed by atoms with E-state index in [0.717, 1.165) is 44.0 Å². The molecule has 3 aliphatic heterocycles. The fraction of sp³-hybridized carbons (Fsp3) is 0.400. The summed E-state index contributed by atoms with van der Waals surface area (Å²) < 4.78 is 11.7. The molecule has 2 saturated heterocycles. The average Bonchev–Trinajstić information content (AvgIpc) is 3.19. The Morgan fingerprint density at radius 1 is 1.03 bits per heavy atom. The van der Waals surface area contributed by atoms with Crippen molar-refractivity contribution in [3.05, 3.63) is 52.6 Å². The lowest BCUT2D eigenvalue weighted by atomic mass is 9.75. The Bertz CT molecular complexity index is 1180. The number of fused-ring (bicyclic) bond motifs is 1. The van der Waals surface area contributed by atoms with Crippen LogP contribution < -0.4 is 21.0 Å². The van der Waals surface area contributed by atoms with E-state index in [-0.39, 0.29) is 18.2 Å². The molecule has 0 aromatic heterocycles. The van der Waals surface area contributed by atoms with Crippen molar-refractivity contribution in [2.45, 2.75) is 38.6 Å². The zero-order valence-electron chi connectivity index (χ0n) is 20.3. The maximum absolute atomic E-state index is 13.0. The molecule has 1 N–H and O–H groups in total. The molecule has 180 valence electrons. The predicted octanol–water partition coefficient (Wildman–Crippen LogP) is -1.62. The first-order chi connectivity index (χ1) is 16.9. The lowest BCUT2D eigenvalue weighted by Gasteiger charge is -2.29. The quantitative estimate of drug-likeness (QED) is 0.401. The van der Waals surface area contributed by atoms with Crippen molar-refractivity contribution in [3.8, 4) is 5.75 Å². The molecule has 5 rings (SSSR count). The van der Waals surface area contributed by atoms with Crippen LogP contribution in [0.1, 0.15) is 39.9 Å². The molecule has 3 heterocycles. The SMILES string of the molecule is Bc1c(COc2cccc3c2CN(C2CCC(=O)NC2=O)C3=O)ccc(CN2CCOCC2)c1B. The van der Waals surface area contributed by atoms with Crippen LogP contribution in [-0.4, -0.2) is 75.6 Å². The smallest absolute Gasteiger partial charge is 0.255 e. The van der Waals surface area contributed by atoms with Gasteiger partial charge in [-0.25, -0.2) is 0 Å². The van der Waals surface area contributed by atoms with Crippen molar-refractivity contribution >= 4 is 44.3 Å². The summed E-state index contributed by atoms with van der Waals surface area (Å²) in [5.41, 5.74) is 6.26. The molecule has 0 aliphatic carbocycles. The Labute approximate surface area is 206 Å². The van der Waals surface area contributed by atoms with E-state index in [4.69, 9.17) is 9.47 Å². The average molecular weight is 473 g/mol. The summed E-state index contributed by atoms with van der Waals surface area (Å²) in [4.78, 5) is 40.9. The lowest BCUT2D eigenvalue weighted by molar-refractivity contribution is -0.136. The molecule has 2 aromatic carbocycles. The number of nitrogens with zero attached hydrogens (tertiary/aromatic N) is 2. The van der Waals surface area contributed by atoms with Gasteiger partial charge in [-0.15, -0.1) is 0 Å². The van der Waals surface area contributed by atoms with Crippen molar-refractivity contribution < 1.29 is 23.9 Å². The van der Waals surface area contributed by atoms with Crippen molar-refractivity contribution in [2.24, 2.45) is 0 Å². The molecular formula is C25H29B2N3O5. The monoisotopic (exact) mass is 473 g/mol. The van der Waals surface area contributed by atoms with Gasteiger partial charge in [-0.2, -0.15) is 0 Å². The molecule has 1 atom stereocenters.